The highest BCUT2D eigenvalue weighted by Crippen LogP contribution is 2.41. The van der Waals surface area contributed by atoms with E-state index in [1.165, 1.54) is 5.56 Å². The number of carboxylic acid groups (broad SMARTS) is 1. The molecule has 0 bridgehead atoms. The first-order valence-corrected chi connectivity index (χ1v) is 4.51. The molecule has 1 aliphatic rings. The smallest absolute Gasteiger partial charge is 0.311 e. The second-order valence-corrected chi connectivity index (χ2v) is 3.66. The van der Waals surface area contributed by atoms with Gasteiger partial charge in [0.2, 0.25) is 0 Å². The van der Waals surface area contributed by atoms with Crippen molar-refractivity contribution >= 4 is 5.97 Å². The molecule has 0 saturated heterocycles. The zero-order chi connectivity index (χ0) is 9.42. The fourth-order valence-corrected chi connectivity index (χ4v) is 2.12. The van der Waals surface area contributed by atoms with Crippen molar-refractivity contribution in [2.45, 2.75) is 25.2 Å². The highest BCUT2D eigenvalue weighted by atomic mass is 16.4. The van der Waals surface area contributed by atoms with Gasteiger partial charge in [-0.1, -0.05) is 31.2 Å². The number of carbonyl (C=O) groups is 1. The van der Waals surface area contributed by atoms with Gasteiger partial charge in [0.05, 0.1) is 5.92 Å². The molecule has 1 aromatic rings. The van der Waals surface area contributed by atoms with E-state index in [0.717, 1.165) is 12.0 Å². The molecule has 2 heteroatoms. The molecule has 0 heterocycles. The molecule has 2 atom stereocenters. The maximum atomic E-state index is 10.9. The number of hydrogen-bond acceptors (Lipinski definition) is 1. The van der Waals surface area contributed by atoms with Crippen LogP contribution in [0.15, 0.2) is 24.3 Å². The lowest BCUT2D eigenvalue weighted by Gasteiger charge is -2.03. The Morgan fingerprint density at radius 1 is 1.38 bits per heavy atom. The number of rotatable bonds is 1. The third-order valence-electron chi connectivity index (χ3n) is 2.79. The molecule has 0 aromatic heterocycles. The number of hydrogen-bond donors (Lipinski definition) is 1. The van der Waals surface area contributed by atoms with Gasteiger partial charge in [-0.05, 0) is 23.5 Å². The summed E-state index contributed by atoms with van der Waals surface area (Å²) in [6.45, 7) is 2.09. The summed E-state index contributed by atoms with van der Waals surface area (Å²) in [6, 6.07) is 7.84. The number of aliphatic carboxylic acids is 1. The Morgan fingerprint density at radius 3 is 2.62 bits per heavy atom. The number of fused-ring (bicyclic) bond motifs is 1. The summed E-state index contributed by atoms with van der Waals surface area (Å²) in [5.74, 6) is -0.597. The van der Waals surface area contributed by atoms with Crippen LogP contribution < -0.4 is 0 Å². The van der Waals surface area contributed by atoms with Crippen LogP contribution in [0.2, 0.25) is 0 Å². The fourth-order valence-electron chi connectivity index (χ4n) is 2.12. The normalized spacial score (nSPS) is 25.6. The van der Waals surface area contributed by atoms with Crippen LogP contribution in [0.1, 0.15) is 36.3 Å². The summed E-state index contributed by atoms with van der Waals surface area (Å²) >= 11 is 0. The molecule has 13 heavy (non-hydrogen) atoms. The van der Waals surface area contributed by atoms with E-state index in [0.29, 0.717) is 5.92 Å². The van der Waals surface area contributed by atoms with Gasteiger partial charge in [-0.2, -0.15) is 0 Å². The molecule has 1 aliphatic carbocycles. The molecule has 0 fully saturated rings. The zero-order valence-corrected chi connectivity index (χ0v) is 7.53. The van der Waals surface area contributed by atoms with Crippen molar-refractivity contribution in [3.63, 3.8) is 0 Å². The number of carboxylic acids is 1. The van der Waals surface area contributed by atoms with Crippen molar-refractivity contribution < 1.29 is 9.90 Å². The Morgan fingerprint density at radius 2 is 2.00 bits per heavy atom. The number of benzene rings is 1. The van der Waals surface area contributed by atoms with E-state index in [4.69, 9.17) is 5.11 Å². The third kappa shape index (κ3) is 1.22. The van der Waals surface area contributed by atoms with Crippen LogP contribution in [0.25, 0.3) is 0 Å². The van der Waals surface area contributed by atoms with E-state index in [1.54, 1.807) is 0 Å². The Labute approximate surface area is 77.2 Å². The average Bonchev–Trinajstić information content (AvgIpc) is 2.45. The molecule has 0 aliphatic heterocycles. The van der Waals surface area contributed by atoms with Gasteiger partial charge >= 0.3 is 5.97 Å². The topological polar surface area (TPSA) is 37.3 Å². The lowest BCUT2D eigenvalue weighted by molar-refractivity contribution is -0.138. The van der Waals surface area contributed by atoms with Gasteiger partial charge < -0.3 is 5.11 Å². The molecule has 0 amide bonds. The van der Waals surface area contributed by atoms with Crippen LogP contribution in [0, 0.1) is 0 Å². The maximum absolute atomic E-state index is 10.9. The van der Waals surface area contributed by atoms with E-state index in [2.05, 4.69) is 6.92 Å². The SMILES string of the molecule is CC1CC(C(=O)O)c2ccccc21. The lowest BCUT2D eigenvalue weighted by Crippen LogP contribution is -2.07. The maximum Gasteiger partial charge on any atom is 0.311 e. The molecular weight excluding hydrogens is 164 g/mol. The van der Waals surface area contributed by atoms with E-state index in [1.807, 2.05) is 24.3 Å². The fraction of sp³-hybridized carbons (Fsp3) is 0.364. The molecule has 68 valence electrons. The Kier molecular flexibility index (Phi) is 1.83. The largest absolute Gasteiger partial charge is 0.481 e. The molecule has 2 unspecified atom stereocenters. The Balaban J connectivity index is 2.47. The van der Waals surface area contributed by atoms with E-state index in [-0.39, 0.29) is 5.92 Å². The van der Waals surface area contributed by atoms with Crippen molar-refractivity contribution in [2.75, 3.05) is 0 Å². The van der Waals surface area contributed by atoms with Crippen LogP contribution in [0.4, 0.5) is 0 Å². The standard InChI is InChI=1S/C11H12O2/c1-7-6-10(11(12)13)9-5-3-2-4-8(7)9/h2-5,7,10H,6H2,1H3,(H,12,13). The first kappa shape index (κ1) is 8.30. The minimum Gasteiger partial charge on any atom is -0.481 e. The van der Waals surface area contributed by atoms with Gasteiger partial charge in [0.15, 0.2) is 0 Å². The van der Waals surface area contributed by atoms with Crippen LogP contribution in [0.5, 0.6) is 0 Å². The summed E-state index contributed by atoms with van der Waals surface area (Å²) in [7, 11) is 0. The lowest BCUT2D eigenvalue weighted by atomic mass is 10.0. The molecule has 2 rings (SSSR count). The van der Waals surface area contributed by atoms with Crippen molar-refractivity contribution in [3.8, 4) is 0 Å². The summed E-state index contributed by atoms with van der Waals surface area (Å²) in [5.41, 5.74) is 2.21. The van der Waals surface area contributed by atoms with Crippen LogP contribution in [-0.2, 0) is 4.79 Å². The summed E-state index contributed by atoms with van der Waals surface area (Å²) < 4.78 is 0. The molecular formula is C11H12O2. The Hall–Kier alpha value is -1.31. The molecule has 0 radical (unpaired) electrons. The second-order valence-electron chi connectivity index (χ2n) is 3.66. The third-order valence-corrected chi connectivity index (χ3v) is 2.79. The summed E-state index contributed by atoms with van der Waals surface area (Å²) in [5, 5.41) is 8.98. The highest BCUT2D eigenvalue weighted by molar-refractivity contribution is 5.78. The van der Waals surface area contributed by atoms with Gasteiger partial charge in [0, 0.05) is 0 Å². The zero-order valence-electron chi connectivity index (χ0n) is 7.53. The van der Waals surface area contributed by atoms with Crippen molar-refractivity contribution in [3.05, 3.63) is 35.4 Å². The minimum absolute atomic E-state index is 0.286. The predicted octanol–water partition coefficient (Wildman–Crippen LogP) is 2.36. The molecule has 0 spiro atoms. The van der Waals surface area contributed by atoms with Gasteiger partial charge in [0.1, 0.15) is 0 Å². The monoisotopic (exact) mass is 176 g/mol. The second kappa shape index (κ2) is 2.87. The van der Waals surface area contributed by atoms with E-state index < -0.39 is 5.97 Å². The van der Waals surface area contributed by atoms with Crippen molar-refractivity contribution in [2.24, 2.45) is 0 Å². The highest BCUT2D eigenvalue weighted by Gasteiger charge is 2.32. The Bertz CT molecular complexity index is 344. The van der Waals surface area contributed by atoms with Crippen molar-refractivity contribution in [1.82, 2.24) is 0 Å². The minimum atomic E-state index is -0.697. The molecule has 2 nitrogen and oxygen atoms in total. The molecule has 0 saturated carbocycles. The van der Waals surface area contributed by atoms with Gasteiger partial charge in [-0.15, -0.1) is 0 Å². The van der Waals surface area contributed by atoms with Crippen LogP contribution in [-0.4, -0.2) is 11.1 Å². The molecule has 1 N–H and O–H groups in total. The summed E-state index contributed by atoms with van der Waals surface area (Å²) in [6.07, 6.45) is 0.745. The molecule has 1 aromatic carbocycles. The van der Waals surface area contributed by atoms with Crippen molar-refractivity contribution in [1.29, 1.82) is 0 Å². The van der Waals surface area contributed by atoms with Gasteiger partial charge in [0.25, 0.3) is 0 Å². The predicted molar refractivity (Wildman–Crippen MR) is 49.9 cm³/mol. The van der Waals surface area contributed by atoms with E-state index in [9.17, 15) is 4.79 Å². The summed E-state index contributed by atoms with van der Waals surface area (Å²) in [4.78, 5) is 10.9. The van der Waals surface area contributed by atoms with Gasteiger partial charge in [-0.25, -0.2) is 0 Å². The van der Waals surface area contributed by atoms with Crippen LogP contribution >= 0.6 is 0 Å². The van der Waals surface area contributed by atoms with Gasteiger partial charge in [-0.3, -0.25) is 4.79 Å². The quantitative estimate of drug-likeness (QED) is 0.713. The first-order chi connectivity index (χ1) is 6.20. The average molecular weight is 176 g/mol. The van der Waals surface area contributed by atoms with Crippen LogP contribution in [0.3, 0.4) is 0 Å². The first-order valence-electron chi connectivity index (χ1n) is 4.51. The van der Waals surface area contributed by atoms with E-state index >= 15 is 0 Å².